The fraction of sp³-hybridized carbons (Fsp3) is 1.00. The van der Waals surface area contributed by atoms with Gasteiger partial charge in [0.05, 0.1) is 0 Å². The summed E-state index contributed by atoms with van der Waals surface area (Å²) in [6, 6.07) is 0. The van der Waals surface area contributed by atoms with Gasteiger partial charge < -0.3 is 41.2 Å². The fourth-order valence-corrected chi connectivity index (χ4v) is 55.1. The Morgan fingerprint density at radius 3 is 0.580 bits per heavy atom. The first kappa shape index (κ1) is 49.8. The van der Waals surface area contributed by atoms with Crippen molar-refractivity contribution < 1.29 is 41.2 Å². The largest absolute Gasteiger partial charge is 0.425 e. The van der Waals surface area contributed by atoms with E-state index in [0.29, 0.717) is 0 Å². The Hall–Kier alpha value is 1.77. The molecular formula is C30H80O10Si10. The fourth-order valence-electron chi connectivity index (χ4n) is 7.58. The highest BCUT2D eigenvalue weighted by Crippen LogP contribution is 2.52. The zero-order valence-electron chi connectivity index (χ0n) is 35.9. The van der Waals surface area contributed by atoms with Crippen LogP contribution in [0.15, 0.2) is 0 Å². The van der Waals surface area contributed by atoms with Gasteiger partial charge in [-0.15, -0.1) is 0 Å². The van der Waals surface area contributed by atoms with Crippen molar-refractivity contribution in [2.45, 2.75) is 194 Å². The van der Waals surface area contributed by atoms with E-state index in [2.05, 4.69) is 138 Å². The first-order valence-electron chi connectivity index (χ1n) is 19.4. The molecule has 0 aromatic carbocycles. The molecule has 1 saturated heterocycles. The molecule has 0 spiro atoms. The summed E-state index contributed by atoms with van der Waals surface area (Å²) in [6.07, 6.45) is 0. The molecule has 10 nitrogen and oxygen atoms in total. The van der Waals surface area contributed by atoms with Gasteiger partial charge in [0.1, 0.15) is 0 Å². The molecule has 1 fully saturated rings. The minimum absolute atomic E-state index is 0.150. The molecule has 0 aromatic rings. The van der Waals surface area contributed by atoms with Crippen molar-refractivity contribution in [2.24, 2.45) is 0 Å². The van der Waals surface area contributed by atoms with Gasteiger partial charge in [-0.25, -0.2) is 0 Å². The molecule has 0 aliphatic carbocycles. The molecule has 0 amide bonds. The molecule has 1 aliphatic rings. The van der Waals surface area contributed by atoms with E-state index in [-0.39, 0.29) is 55.4 Å². The molecular weight excluding hydrogens is 801 g/mol. The smallest absolute Gasteiger partial charge is 0.325 e. The van der Waals surface area contributed by atoms with Crippen molar-refractivity contribution in [1.29, 1.82) is 0 Å². The highest BCUT2D eigenvalue weighted by molar-refractivity contribution is 6.94. The second-order valence-corrected chi connectivity index (χ2v) is 49.3. The molecule has 50 heavy (non-hydrogen) atoms. The average molecular weight is 882 g/mol. The molecule has 0 saturated carbocycles. The summed E-state index contributed by atoms with van der Waals surface area (Å²) in [5.74, 6) is 0. The number of hydrogen-bond donors (Lipinski definition) is 0. The maximum Gasteiger partial charge on any atom is 0.325 e. The zero-order chi connectivity index (χ0) is 38.9. The lowest BCUT2D eigenvalue weighted by Gasteiger charge is -2.56. The second kappa shape index (κ2) is 21.3. The Morgan fingerprint density at radius 1 is 0.240 bits per heavy atom. The molecule has 0 bridgehead atoms. The third-order valence-electron chi connectivity index (χ3n) is 10.6. The summed E-state index contributed by atoms with van der Waals surface area (Å²) < 4.78 is 70.3. The van der Waals surface area contributed by atoms with Gasteiger partial charge in [-0.3, -0.25) is 0 Å². The van der Waals surface area contributed by atoms with Gasteiger partial charge in [0.2, 0.25) is 0 Å². The monoisotopic (exact) mass is 880 g/mol. The lowest BCUT2D eigenvalue weighted by atomic mass is 10.5. The minimum atomic E-state index is -3.14. The van der Waals surface area contributed by atoms with Crippen LogP contribution in [0.5, 0.6) is 0 Å². The predicted molar refractivity (Wildman–Crippen MR) is 233 cm³/mol. The molecule has 1 heterocycles. The standard InChI is InChI=1S/C30H80O10Si10/c1-21(2)46(22(3)4)35-44-33-42-31-41-32-43-34-45-36-47(23(5)6,24(7)8)38-49(27(13)14,28(15)16)40-50(29(17)18,30(19)20)39-48(37-46,25(9)10)26(11)12/h21-30H,41-45H2,1-20H3. The van der Waals surface area contributed by atoms with Gasteiger partial charge in [-0.05, 0) is 55.4 Å². The van der Waals surface area contributed by atoms with Crippen LogP contribution in [0.1, 0.15) is 138 Å². The Bertz CT molecular complexity index is 867. The third kappa shape index (κ3) is 11.4. The highest BCUT2D eigenvalue weighted by atomic mass is 28.5. The van der Waals surface area contributed by atoms with Crippen molar-refractivity contribution in [2.75, 3.05) is 0 Å². The average Bonchev–Trinajstić information content (AvgIpc) is 2.98. The van der Waals surface area contributed by atoms with E-state index in [9.17, 15) is 0 Å². The normalized spacial score (nSPS) is 25.8. The van der Waals surface area contributed by atoms with Crippen LogP contribution in [0.3, 0.4) is 0 Å². The molecule has 20 heteroatoms. The van der Waals surface area contributed by atoms with E-state index in [1.165, 1.54) is 0 Å². The maximum atomic E-state index is 8.11. The molecule has 0 N–H and O–H groups in total. The molecule has 0 unspecified atom stereocenters. The van der Waals surface area contributed by atoms with Gasteiger partial charge in [0, 0.05) is 0 Å². The third-order valence-corrected chi connectivity index (χ3v) is 46.7. The summed E-state index contributed by atoms with van der Waals surface area (Å²) in [6.45, 7) is 45.7. The minimum Gasteiger partial charge on any atom is -0.425 e. The first-order chi connectivity index (χ1) is 23.0. The number of rotatable bonds is 10. The van der Waals surface area contributed by atoms with E-state index in [1.54, 1.807) is 0 Å². The van der Waals surface area contributed by atoms with Crippen LogP contribution >= 0.6 is 0 Å². The van der Waals surface area contributed by atoms with Gasteiger partial charge in [-0.1, -0.05) is 138 Å². The Morgan fingerprint density at radius 2 is 0.400 bits per heavy atom. The summed E-state index contributed by atoms with van der Waals surface area (Å²) in [4.78, 5) is 0. The summed E-state index contributed by atoms with van der Waals surface area (Å²) in [7, 11) is -21.3. The van der Waals surface area contributed by atoms with Gasteiger partial charge in [0.25, 0.3) is 50.0 Å². The van der Waals surface area contributed by atoms with Crippen LogP contribution in [0.25, 0.3) is 0 Å². The van der Waals surface area contributed by atoms with Crippen LogP contribution in [0, 0.1) is 0 Å². The highest BCUT2D eigenvalue weighted by Gasteiger charge is 2.65. The van der Waals surface area contributed by atoms with Crippen LogP contribution < -0.4 is 0 Å². The molecule has 1 rings (SSSR count). The van der Waals surface area contributed by atoms with E-state index < -0.39 is 92.8 Å². The van der Waals surface area contributed by atoms with E-state index in [1.807, 2.05) is 0 Å². The Balaban J connectivity index is 4.27. The van der Waals surface area contributed by atoms with Crippen LogP contribution in [-0.4, -0.2) is 92.8 Å². The van der Waals surface area contributed by atoms with E-state index in [0.717, 1.165) is 0 Å². The van der Waals surface area contributed by atoms with Crippen molar-refractivity contribution in [3.8, 4) is 0 Å². The van der Waals surface area contributed by atoms with Crippen LogP contribution in [0.2, 0.25) is 55.4 Å². The molecule has 0 aromatic heterocycles. The van der Waals surface area contributed by atoms with Gasteiger partial charge in [0.15, 0.2) is 0 Å². The lowest BCUT2D eigenvalue weighted by Crippen LogP contribution is -2.71. The Labute approximate surface area is 326 Å². The van der Waals surface area contributed by atoms with Crippen LogP contribution in [0.4, 0.5) is 0 Å². The van der Waals surface area contributed by atoms with Crippen molar-refractivity contribution >= 4 is 92.8 Å². The SMILES string of the molecule is CC(C)[Si]1(C(C)C)O[SiH2]O[SiH2]O[SiH2]O[SiH2]O[SiH2]O[Si](C(C)C)(C(C)C)O[Si](C(C)C)(C(C)C)O[Si](C(C)C)(C(C)C)O[Si](C(C)C)(C(C)C)O1. The quantitative estimate of drug-likeness (QED) is 0.228. The van der Waals surface area contributed by atoms with Gasteiger partial charge in [-0.2, -0.15) is 0 Å². The van der Waals surface area contributed by atoms with Crippen molar-refractivity contribution in [3.05, 3.63) is 0 Å². The van der Waals surface area contributed by atoms with Gasteiger partial charge >= 0.3 is 42.8 Å². The van der Waals surface area contributed by atoms with Crippen LogP contribution in [-0.2, 0) is 41.2 Å². The predicted octanol–water partition coefficient (Wildman–Crippen LogP) is 6.47. The topological polar surface area (TPSA) is 92.3 Å². The van der Waals surface area contributed by atoms with Crippen molar-refractivity contribution in [1.82, 2.24) is 0 Å². The molecule has 0 atom stereocenters. The lowest BCUT2D eigenvalue weighted by molar-refractivity contribution is 0.205. The second-order valence-electron chi connectivity index (χ2n) is 17.3. The van der Waals surface area contributed by atoms with E-state index in [4.69, 9.17) is 41.2 Å². The number of hydrogen-bond acceptors (Lipinski definition) is 10. The van der Waals surface area contributed by atoms with Crippen molar-refractivity contribution in [3.63, 3.8) is 0 Å². The molecule has 300 valence electrons. The summed E-state index contributed by atoms with van der Waals surface area (Å²) in [5.41, 5.74) is 1.77. The zero-order valence-corrected chi connectivity index (χ0v) is 48.0. The maximum absolute atomic E-state index is 8.11. The first-order valence-corrected chi connectivity index (χ1v) is 35.0. The van der Waals surface area contributed by atoms with E-state index >= 15 is 0 Å². The summed E-state index contributed by atoms with van der Waals surface area (Å²) >= 11 is 0. The summed E-state index contributed by atoms with van der Waals surface area (Å²) in [5, 5.41) is 0. The molecule has 1 aliphatic heterocycles. The molecule has 0 radical (unpaired) electrons. The Kier molecular flexibility index (Phi) is 21.2.